The monoisotopic (exact) mass is 288 g/mol. The Morgan fingerprint density at radius 1 is 1.19 bits per heavy atom. The highest BCUT2D eigenvalue weighted by molar-refractivity contribution is 5.18. The molecule has 0 bridgehead atoms. The molecule has 2 rings (SSSR count). The molecule has 3 atom stereocenters. The summed E-state index contributed by atoms with van der Waals surface area (Å²) in [6.45, 7) is 7.87. The van der Waals surface area contributed by atoms with E-state index in [1.54, 1.807) is 0 Å². The fraction of sp³-hybridized carbons (Fsp3) is 0.684. The maximum Gasteiger partial charge on any atom is 0.0135 e. The van der Waals surface area contributed by atoms with Crippen molar-refractivity contribution in [3.63, 3.8) is 0 Å². The summed E-state index contributed by atoms with van der Waals surface area (Å²) in [4.78, 5) is 2.69. The Kier molecular flexibility index (Phi) is 6.72. The molecule has 1 aromatic carbocycles. The molecule has 1 saturated carbocycles. The summed E-state index contributed by atoms with van der Waals surface area (Å²) >= 11 is 0. The van der Waals surface area contributed by atoms with Gasteiger partial charge in [0.15, 0.2) is 0 Å². The second-order valence-electron chi connectivity index (χ2n) is 6.58. The van der Waals surface area contributed by atoms with Crippen LogP contribution in [0.3, 0.4) is 0 Å². The third-order valence-electron chi connectivity index (χ3n) is 5.26. The predicted molar refractivity (Wildman–Crippen MR) is 91.5 cm³/mol. The molecule has 0 radical (unpaired) electrons. The Hall–Kier alpha value is -0.860. The van der Waals surface area contributed by atoms with Crippen LogP contribution in [0.2, 0.25) is 0 Å². The van der Waals surface area contributed by atoms with Gasteiger partial charge in [-0.1, -0.05) is 57.0 Å². The van der Waals surface area contributed by atoms with Gasteiger partial charge in [0.1, 0.15) is 0 Å². The highest BCUT2D eigenvalue weighted by Crippen LogP contribution is 2.29. The minimum atomic E-state index is 0.639. The van der Waals surface area contributed by atoms with Crippen LogP contribution in [0.25, 0.3) is 0 Å². The number of hydrogen-bond donors (Lipinski definition) is 1. The maximum absolute atomic E-state index is 6.01. The van der Waals surface area contributed by atoms with Crippen molar-refractivity contribution in [2.45, 2.75) is 57.9 Å². The van der Waals surface area contributed by atoms with Crippen LogP contribution >= 0.6 is 0 Å². The van der Waals surface area contributed by atoms with Crippen molar-refractivity contribution in [2.24, 2.45) is 11.7 Å². The molecule has 0 amide bonds. The number of hydrogen-bond acceptors (Lipinski definition) is 2. The topological polar surface area (TPSA) is 29.3 Å². The van der Waals surface area contributed by atoms with Gasteiger partial charge in [0.25, 0.3) is 0 Å². The van der Waals surface area contributed by atoms with E-state index < -0.39 is 0 Å². The zero-order valence-corrected chi connectivity index (χ0v) is 13.8. The molecule has 2 N–H and O–H groups in total. The second-order valence-corrected chi connectivity index (χ2v) is 6.58. The molecule has 2 nitrogen and oxygen atoms in total. The lowest BCUT2D eigenvalue weighted by Gasteiger charge is -2.39. The largest absolute Gasteiger partial charge is 0.330 e. The van der Waals surface area contributed by atoms with Crippen molar-refractivity contribution in [1.29, 1.82) is 0 Å². The Morgan fingerprint density at radius 2 is 1.90 bits per heavy atom. The average Bonchev–Trinajstić information content (AvgIpc) is 2.56. The van der Waals surface area contributed by atoms with Crippen molar-refractivity contribution >= 4 is 0 Å². The molecule has 1 aromatic rings. The van der Waals surface area contributed by atoms with E-state index in [4.69, 9.17) is 5.73 Å². The summed E-state index contributed by atoms with van der Waals surface area (Å²) in [5, 5.41) is 0. The first-order valence-corrected chi connectivity index (χ1v) is 8.75. The molecule has 0 saturated heterocycles. The van der Waals surface area contributed by atoms with Crippen LogP contribution in [0.4, 0.5) is 0 Å². The van der Waals surface area contributed by atoms with E-state index in [1.165, 1.54) is 44.2 Å². The van der Waals surface area contributed by atoms with Gasteiger partial charge in [-0.05, 0) is 56.3 Å². The molecule has 118 valence electrons. The summed E-state index contributed by atoms with van der Waals surface area (Å²) in [5.41, 5.74) is 7.47. The molecular formula is C19H32N2. The van der Waals surface area contributed by atoms with Crippen LogP contribution in [0.5, 0.6) is 0 Å². The van der Waals surface area contributed by atoms with Gasteiger partial charge < -0.3 is 10.6 Å². The molecule has 21 heavy (non-hydrogen) atoms. The second kappa shape index (κ2) is 8.55. The Bertz CT molecular complexity index is 390. The molecule has 0 spiro atoms. The number of nitrogens with two attached hydrogens (primary N) is 1. The van der Waals surface area contributed by atoms with Crippen LogP contribution in [-0.4, -0.2) is 30.6 Å². The lowest BCUT2D eigenvalue weighted by Crippen LogP contribution is -2.45. The molecular weight excluding hydrogens is 256 g/mol. The van der Waals surface area contributed by atoms with Crippen LogP contribution in [0, 0.1) is 5.92 Å². The molecule has 2 heteroatoms. The lowest BCUT2D eigenvalue weighted by molar-refractivity contribution is 0.109. The Morgan fingerprint density at radius 3 is 2.57 bits per heavy atom. The summed E-state index contributed by atoms with van der Waals surface area (Å²) in [5.74, 6) is 1.35. The van der Waals surface area contributed by atoms with Gasteiger partial charge in [0.05, 0.1) is 0 Å². The smallest absolute Gasteiger partial charge is 0.0135 e. The standard InChI is InChI=1S/C19H32N2/c1-3-21(19-12-8-7-11-18(19)15-20)14-13-16(2)17-9-5-4-6-10-17/h4-6,9-10,16,18-19H,3,7-8,11-15,20H2,1-2H3. The molecule has 1 aliphatic carbocycles. The van der Waals surface area contributed by atoms with E-state index in [-0.39, 0.29) is 0 Å². The lowest BCUT2D eigenvalue weighted by atomic mass is 9.83. The van der Waals surface area contributed by atoms with Gasteiger partial charge in [0, 0.05) is 6.04 Å². The minimum Gasteiger partial charge on any atom is -0.330 e. The van der Waals surface area contributed by atoms with Crippen molar-refractivity contribution < 1.29 is 0 Å². The van der Waals surface area contributed by atoms with E-state index in [1.807, 2.05) is 0 Å². The van der Waals surface area contributed by atoms with Crippen molar-refractivity contribution in [3.05, 3.63) is 35.9 Å². The molecule has 0 aromatic heterocycles. The van der Waals surface area contributed by atoms with Gasteiger partial charge >= 0.3 is 0 Å². The Labute approximate surface area is 130 Å². The van der Waals surface area contributed by atoms with Gasteiger partial charge in [-0.25, -0.2) is 0 Å². The highest BCUT2D eigenvalue weighted by Gasteiger charge is 2.28. The first-order chi connectivity index (χ1) is 10.3. The van der Waals surface area contributed by atoms with Crippen molar-refractivity contribution in [1.82, 2.24) is 4.90 Å². The molecule has 3 unspecified atom stereocenters. The SMILES string of the molecule is CCN(CCC(C)c1ccccc1)C1CCCCC1CN. The first-order valence-electron chi connectivity index (χ1n) is 8.75. The van der Waals surface area contributed by atoms with Gasteiger partial charge in [0.2, 0.25) is 0 Å². The van der Waals surface area contributed by atoms with E-state index in [0.29, 0.717) is 11.8 Å². The van der Waals surface area contributed by atoms with Crippen LogP contribution < -0.4 is 5.73 Å². The molecule has 0 aliphatic heterocycles. The van der Waals surface area contributed by atoms with Crippen molar-refractivity contribution in [3.8, 4) is 0 Å². The summed E-state index contributed by atoms with van der Waals surface area (Å²) in [6.07, 6.45) is 6.66. The van der Waals surface area contributed by atoms with Crippen molar-refractivity contribution in [2.75, 3.05) is 19.6 Å². The van der Waals surface area contributed by atoms with Gasteiger partial charge in [-0.3, -0.25) is 0 Å². The maximum atomic E-state index is 6.01. The van der Waals surface area contributed by atoms with Crippen LogP contribution in [-0.2, 0) is 0 Å². The van der Waals surface area contributed by atoms with E-state index in [0.717, 1.165) is 19.1 Å². The number of benzene rings is 1. The number of nitrogens with zero attached hydrogens (tertiary/aromatic N) is 1. The number of rotatable bonds is 7. The first kappa shape index (κ1) is 16.5. The van der Waals surface area contributed by atoms with Crippen LogP contribution in [0.15, 0.2) is 30.3 Å². The highest BCUT2D eigenvalue weighted by atomic mass is 15.2. The summed E-state index contributed by atoms with van der Waals surface area (Å²) in [6, 6.07) is 11.6. The van der Waals surface area contributed by atoms with Gasteiger partial charge in [-0.2, -0.15) is 0 Å². The molecule has 1 fully saturated rings. The normalized spacial score (nSPS) is 24.2. The quantitative estimate of drug-likeness (QED) is 0.821. The minimum absolute atomic E-state index is 0.639. The van der Waals surface area contributed by atoms with Crippen LogP contribution in [0.1, 0.15) is 57.4 Å². The fourth-order valence-electron chi connectivity index (χ4n) is 3.81. The third kappa shape index (κ3) is 4.55. The molecule has 1 aliphatic rings. The van der Waals surface area contributed by atoms with E-state index in [2.05, 4.69) is 49.1 Å². The summed E-state index contributed by atoms with van der Waals surface area (Å²) in [7, 11) is 0. The zero-order valence-electron chi connectivity index (χ0n) is 13.8. The Balaban J connectivity index is 1.89. The third-order valence-corrected chi connectivity index (χ3v) is 5.26. The molecule has 0 heterocycles. The summed E-state index contributed by atoms with van der Waals surface area (Å²) < 4.78 is 0. The average molecular weight is 288 g/mol. The zero-order chi connectivity index (χ0) is 15.1. The van der Waals surface area contributed by atoms with E-state index in [9.17, 15) is 0 Å². The van der Waals surface area contributed by atoms with Gasteiger partial charge in [-0.15, -0.1) is 0 Å². The predicted octanol–water partition coefficient (Wildman–Crippen LogP) is 4.02. The van der Waals surface area contributed by atoms with E-state index >= 15 is 0 Å². The fourth-order valence-corrected chi connectivity index (χ4v) is 3.81.